The van der Waals surface area contributed by atoms with Crippen molar-refractivity contribution in [3.63, 3.8) is 0 Å². The van der Waals surface area contributed by atoms with Gasteiger partial charge in [-0.1, -0.05) is 0 Å². The fourth-order valence-corrected chi connectivity index (χ4v) is 0. The van der Waals surface area contributed by atoms with Gasteiger partial charge in [0.2, 0.25) is 0 Å². The molecule has 24 valence electrons. The third kappa shape index (κ3) is 11.4. The zero-order valence-electron chi connectivity index (χ0n) is 2.29. The first-order valence-corrected chi connectivity index (χ1v) is 11.3. The average Bonchev–Trinajstić information content (AvgIpc) is 0.811. The van der Waals surface area contributed by atoms with E-state index >= 15 is 0 Å². The molecule has 0 atom stereocenters. The van der Waals surface area contributed by atoms with E-state index in [2.05, 4.69) is 12.7 Å². The van der Waals surface area contributed by atoms with Gasteiger partial charge in [-0.15, -0.1) is 0 Å². The first-order valence-electron chi connectivity index (χ1n) is 0.893. The van der Waals surface area contributed by atoms with Crippen LogP contribution in [-0.4, -0.2) is 17.5 Å². The fraction of sp³-hybridized carbons (Fsp3) is 1.00. The summed E-state index contributed by atoms with van der Waals surface area (Å²) in [5, 5.41) is 0. The minimum atomic E-state index is -1.98. The first kappa shape index (κ1) is 5.08. The van der Waals surface area contributed by atoms with Crippen molar-refractivity contribution in [1.29, 1.82) is 0 Å². The Bertz CT molecular complexity index is 31.0. The summed E-state index contributed by atoms with van der Waals surface area (Å²) >= 11 is 0.931. The summed E-state index contributed by atoms with van der Waals surface area (Å²) in [6, 6.07) is 0. The molecular weight excluding hydrogens is 227 g/mol. The molecule has 0 aromatic rings. The molecule has 0 heterocycles. The van der Waals surface area contributed by atoms with Crippen molar-refractivity contribution in [1.82, 2.24) is 0 Å². The molecule has 0 N–H and O–H groups in total. The average molecular weight is 230 g/mol. The van der Waals surface area contributed by atoms with Crippen LogP contribution in [-0.2, 0) is 3.08 Å². The summed E-state index contributed by atoms with van der Waals surface area (Å²) in [4.78, 5) is 1.72. The molecule has 0 amide bonds. The number of hydrogen-bond acceptors (Lipinski definition) is 1. The van der Waals surface area contributed by atoms with Crippen LogP contribution in [0.5, 0.6) is 0 Å². The molecule has 4 heavy (non-hydrogen) atoms. The van der Waals surface area contributed by atoms with Crippen molar-refractivity contribution < 1.29 is 3.08 Å². The third-order valence-corrected chi connectivity index (χ3v) is 0. The Kier molecular flexibility index (Phi) is 2.95. The van der Waals surface area contributed by atoms with E-state index in [1.807, 2.05) is 0 Å². The van der Waals surface area contributed by atoms with Crippen LogP contribution in [0.25, 0.3) is 0 Å². The van der Waals surface area contributed by atoms with Crippen molar-refractivity contribution in [3.8, 4) is 0 Å². The van der Waals surface area contributed by atoms with Gasteiger partial charge in [-0.05, 0) is 0 Å². The number of halogens is 1. The molecule has 0 aromatic heterocycles. The van der Waals surface area contributed by atoms with E-state index in [-0.39, 0.29) is 0 Å². The summed E-state index contributed by atoms with van der Waals surface area (Å²) in [6.45, 7) is 0. The first-order chi connectivity index (χ1) is 1.73. The Morgan fingerprint density at radius 2 is 2.00 bits per heavy atom. The van der Waals surface area contributed by atoms with Gasteiger partial charge >= 0.3 is 38.2 Å². The van der Waals surface area contributed by atoms with Crippen molar-refractivity contribution >= 4 is 30.2 Å². The van der Waals surface area contributed by atoms with Crippen LogP contribution in [0.2, 0.25) is 4.94 Å². The van der Waals surface area contributed by atoms with Gasteiger partial charge < -0.3 is 0 Å². The van der Waals surface area contributed by atoms with Gasteiger partial charge in [0.25, 0.3) is 0 Å². The maximum absolute atomic E-state index is 9.64. The fourth-order valence-electron chi connectivity index (χ4n) is 0. The third-order valence-electron chi connectivity index (χ3n) is 0. The van der Waals surface area contributed by atoms with E-state index in [1.54, 1.807) is 4.94 Å². The molecule has 0 unspecified atom stereocenters. The molecule has 0 saturated carbocycles. The molecule has 0 spiro atoms. The van der Waals surface area contributed by atoms with Gasteiger partial charge in [-0.2, -0.15) is 0 Å². The Labute approximate surface area is 38.3 Å². The topological polar surface area (TPSA) is 17.1 Å². The van der Waals surface area contributed by atoms with Gasteiger partial charge in [0.05, 0.1) is 0 Å². The Morgan fingerprint density at radius 3 is 2.00 bits per heavy atom. The number of hydrogen-bond donors (Lipinski definition) is 0. The van der Waals surface area contributed by atoms with Crippen LogP contribution in [0.1, 0.15) is 0 Å². The molecular formula is CH3BrOSn. The van der Waals surface area contributed by atoms with E-state index in [4.69, 9.17) is 0 Å². The Balaban J connectivity index is 2.80. The Morgan fingerprint density at radius 1 is 2.00 bits per heavy atom. The second kappa shape index (κ2) is 2.32. The zero-order chi connectivity index (χ0) is 3.58. The quantitative estimate of drug-likeness (QED) is 0.565. The van der Waals surface area contributed by atoms with Gasteiger partial charge in [-0.3, -0.25) is 0 Å². The van der Waals surface area contributed by atoms with Crippen molar-refractivity contribution in [2.75, 3.05) is 0 Å². The van der Waals surface area contributed by atoms with E-state index < -0.39 is 17.5 Å². The second-order valence-corrected chi connectivity index (χ2v) is 10.6. The van der Waals surface area contributed by atoms with Gasteiger partial charge in [0.1, 0.15) is 0 Å². The van der Waals surface area contributed by atoms with E-state index in [0.29, 0.717) is 0 Å². The van der Waals surface area contributed by atoms with Crippen molar-refractivity contribution in [2.24, 2.45) is 0 Å². The summed E-state index contributed by atoms with van der Waals surface area (Å²) in [7, 11) is 0. The molecule has 1 nitrogen and oxygen atoms in total. The molecule has 0 rings (SSSR count). The predicted octanol–water partition coefficient (Wildman–Crippen LogP) is 0.930. The molecule has 3 heteroatoms. The van der Waals surface area contributed by atoms with Crippen LogP contribution in [0.15, 0.2) is 0 Å². The van der Waals surface area contributed by atoms with E-state index in [0.717, 1.165) is 0 Å². The summed E-state index contributed by atoms with van der Waals surface area (Å²) in [5.74, 6) is 0. The molecule has 0 aromatic carbocycles. The molecule has 0 aliphatic heterocycles. The SMILES string of the molecule is [CH3][Sn](=[O])[Br]. The maximum atomic E-state index is 9.64. The van der Waals surface area contributed by atoms with E-state index in [1.165, 1.54) is 0 Å². The monoisotopic (exact) mass is 230 g/mol. The van der Waals surface area contributed by atoms with Crippen molar-refractivity contribution in [3.05, 3.63) is 0 Å². The predicted molar refractivity (Wildman–Crippen MR) is 21.2 cm³/mol. The standard InChI is InChI=1S/CH3.BrH.O.Sn/h1H3;1H;;/q;;;+1/p-1. The Hall–Kier alpha value is 1.08. The number of rotatable bonds is 0. The zero-order valence-corrected chi connectivity index (χ0v) is 6.73. The van der Waals surface area contributed by atoms with Crippen LogP contribution >= 0.6 is 12.7 Å². The van der Waals surface area contributed by atoms with Gasteiger partial charge in [0, 0.05) is 0 Å². The molecule has 0 aliphatic rings. The summed E-state index contributed by atoms with van der Waals surface area (Å²) in [5.41, 5.74) is 0. The van der Waals surface area contributed by atoms with Crippen LogP contribution < -0.4 is 0 Å². The van der Waals surface area contributed by atoms with Crippen LogP contribution in [0, 0.1) is 0 Å². The molecule has 0 fully saturated rings. The molecule has 0 bridgehead atoms. The van der Waals surface area contributed by atoms with Crippen LogP contribution in [0.4, 0.5) is 0 Å². The van der Waals surface area contributed by atoms with E-state index in [9.17, 15) is 3.08 Å². The summed E-state index contributed by atoms with van der Waals surface area (Å²) in [6.07, 6.45) is 0. The minimum absolute atomic E-state index is 1.72. The summed E-state index contributed by atoms with van der Waals surface area (Å²) < 4.78 is 9.64. The second-order valence-electron chi connectivity index (χ2n) is 0.470. The molecule has 0 saturated heterocycles. The molecule has 0 radical (unpaired) electrons. The normalized spacial score (nSPS) is 6.50. The van der Waals surface area contributed by atoms with Crippen molar-refractivity contribution in [2.45, 2.75) is 4.94 Å². The van der Waals surface area contributed by atoms with Gasteiger partial charge in [0.15, 0.2) is 0 Å². The molecule has 0 aliphatic carbocycles. The van der Waals surface area contributed by atoms with Crippen LogP contribution in [0.3, 0.4) is 0 Å². The van der Waals surface area contributed by atoms with Gasteiger partial charge in [-0.25, -0.2) is 0 Å².